The summed E-state index contributed by atoms with van der Waals surface area (Å²) in [4.78, 5) is 36.7. The number of rotatable bonds is 3. The van der Waals surface area contributed by atoms with Crippen LogP contribution in [0.3, 0.4) is 0 Å². The summed E-state index contributed by atoms with van der Waals surface area (Å²) in [6.45, 7) is 3.11. The number of hydrogen-bond donors (Lipinski definition) is 2. The molecular formula is C14H17N3O3. The lowest BCUT2D eigenvalue weighted by molar-refractivity contribution is -0.143. The predicted molar refractivity (Wildman–Crippen MR) is 74.6 cm³/mol. The van der Waals surface area contributed by atoms with Crippen molar-refractivity contribution in [1.29, 1.82) is 0 Å². The number of nitrogens with one attached hydrogen (secondary N) is 1. The minimum Gasteiger partial charge on any atom is -0.397 e. The quantitative estimate of drug-likeness (QED) is 0.635. The summed E-state index contributed by atoms with van der Waals surface area (Å²) in [6.07, 6.45) is 0.132. The summed E-state index contributed by atoms with van der Waals surface area (Å²) in [6, 6.07) is 6.80. The number of anilines is 2. The summed E-state index contributed by atoms with van der Waals surface area (Å²) in [7, 11) is 0. The van der Waals surface area contributed by atoms with E-state index >= 15 is 0 Å². The lowest BCUT2D eigenvalue weighted by Gasteiger charge is -2.17. The van der Waals surface area contributed by atoms with Gasteiger partial charge in [-0.2, -0.15) is 0 Å². The Balaban J connectivity index is 2.04. The molecule has 6 heteroatoms. The van der Waals surface area contributed by atoms with Crippen LogP contribution in [0.4, 0.5) is 11.4 Å². The molecule has 0 bridgehead atoms. The van der Waals surface area contributed by atoms with E-state index in [0.717, 1.165) is 4.90 Å². The predicted octanol–water partition coefficient (Wildman–Crippen LogP) is 0.992. The van der Waals surface area contributed by atoms with E-state index in [4.69, 9.17) is 5.73 Å². The highest BCUT2D eigenvalue weighted by molar-refractivity contribution is 6.09. The van der Waals surface area contributed by atoms with Crippen molar-refractivity contribution in [3.63, 3.8) is 0 Å². The fourth-order valence-corrected chi connectivity index (χ4v) is 2.13. The molecule has 1 heterocycles. The van der Waals surface area contributed by atoms with Crippen molar-refractivity contribution in [1.82, 2.24) is 4.90 Å². The highest BCUT2D eigenvalue weighted by atomic mass is 16.2. The van der Waals surface area contributed by atoms with Crippen molar-refractivity contribution in [2.45, 2.75) is 20.3 Å². The van der Waals surface area contributed by atoms with Crippen molar-refractivity contribution >= 4 is 29.1 Å². The van der Waals surface area contributed by atoms with Gasteiger partial charge in [-0.1, -0.05) is 26.0 Å². The van der Waals surface area contributed by atoms with Gasteiger partial charge in [-0.15, -0.1) is 0 Å². The Morgan fingerprint density at radius 3 is 2.55 bits per heavy atom. The maximum atomic E-state index is 12.0. The smallest absolute Gasteiger partial charge is 0.244 e. The maximum Gasteiger partial charge on any atom is 0.244 e. The van der Waals surface area contributed by atoms with Crippen LogP contribution in [0.5, 0.6) is 0 Å². The molecule has 0 spiro atoms. The molecule has 0 aromatic heterocycles. The summed E-state index contributed by atoms with van der Waals surface area (Å²) in [5.41, 5.74) is 5.88. The van der Waals surface area contributed by atoms with Crippen LogP contribution < -0.4 is 11.1 Å². The number of nitrogen functional groups attached to an aromatic ring is 1. The van der Waals surface area contributed by atoms with Crippen molar-refractivity contribution in [2.75, 3.05) is 17.6 Å². The highest BCUT2D eigenvalue weighted by Crippen LogP contribution is 2.31. The normalized spacial score (nSPS) is 17.4. The molecule has 20 heavy (non-hydrogen) atoms. The first-order valence-electron chi connectivity index (χ1n) is 6.30. The van der Waals surface area contributed by atoms with Gasteiger partial charge in [-0.3, -0.25) is 19.3 Å². The average molecular weight is 275 g/mol. The third-order valence-electron chi connectivity index (χ3n) is 3.25. The van der Waals surface area contributed by atoms with E-state index in [0.29, 0.717) is 11.4 Å². The Morgan fingerprint density at radius 1 is 1.35 bits per heavy atom. The van der Waals surface area contributed by atoms with Crippen LogP contribution in [0.1, 0.15) is 20.3 Å². The molecule has 0 aliphatic carbocycles. The topological polar surface area (TPSA) is 92.5 Å². The third-order valence-corrected chi connectivity index (χ3v) is 3.25. The zero-order valence-corrected chi connectivity index (χ0v) is 11.5. The van der Waals surface area contributed by atoms with Gasteiger partial charge in [0.1, 0.15) is 6.54 Å². The highest BCUT2D eigenvalue weighted by Gasteiger charge is 2.45. The molecular weight excluding hydrogens is 258 g/mol. The number of nitrogens with two attached hydrogens (primary N) is 1. The molecule has 1 aliphatic heterocycles. The molecule has 1 aromatic rings. The Hall–Kier alpha value is -2.37. The second-order valence-electron chi connectivity index (χ2n) is 5.48. The van der Waals surface area contributed by atoms with Gasteiger partial charge >= 0.3 is 0 Å². The van der Waals surface area contributed by atoms with Crippen LogP contribution in [-0.2, 0) is 14.4 Å². The van der Waals surface area contributed by atoms with Crippen LogP contribution in [0.25, 0.3) is 0 Å². The number of nitrogens with zero attached hydrogens (tertiary/aromatic N) is 1. The molecule has 0 unspecified atom stereocenters. The Morgan fingerprint density at radius 2 is 2.00 bits per heavy atom. The number of likely N-dealkylation sites (tertiary alicyclic amines) is 1. The number of para-hydroxylation sites is 2. The minimum absolute atomic E-state index is 0.132. The van der Waals surface area contributed by atoms with Crippen LogP contribution in [0.15, 0.2) is 24.3 Å². The first-order valence-corrected chi connectivity index (χ1v) is 6.30. The van der Waals surface area contributed by atoms with Crippen molar-refractivity contribution < 1.29 is 14.4 Å². The lowest BCUT2D eigenvalue weighted by atomic mass is 9.92. The van der Waals surface area contributed by atoms with E-state index in [2.05, 4.69) is 5.32 Å². The summed E-state index contributed by atoms with van der Waals surface area (Å²) < 4.78 is 0. The molecule has 0 radical (unpaired) electrons. The van der Waals surface area contributed by atoms with E-state index in [9.17, 15) is 14.4 Å². The summed E-state index contributed by atoms with van der Waals surface area (Å²) >= 11 is 0. The molecule has 1 aromatic carbocycles. The zero-order valence-electron chi connectivity index (χ0n) is 11.5. The second kappa shape index (κ2) is 4.96. The molecule has 3 N–H and O–H groups in total. The van der Waals surface area contributed by atoms with Crippen LogP contribution in [0.2, 0.25) is 0 Å². The number of hydrogen-bond acceptors (Lipinski definition) is 4. The maximum absolute atomic E-state index is 12.0. The second-order valence-corrected chi connectivity index (χ2v) is 5.48. The van der Waals surface area contributed by atoms with E-state index in [1.54, 1.807) is 38.1 Å². The van der Waals surface area contributed by atoms with Gasteiger partial charge < -0.3 is 11.1 Å². The lowest BCUT2D eigenvalue weighted by Crippen LogP contribution is -2.39. The largest absolute Gasteiger partial charge is 0.397 e. The number of carbonyl (C=O) groups excluding carboxylic acids is 3. The molecule has 0 saturated carbocycles. The molecule has 6 nitrogen and oxygen atoms in total. The summed E-state index contributed by atoms with van der Waals surface area (Å²) in [5.74, 6) is -1.09. The average Bonchev–Trinajstić information content (AvgIpc) is 2.55. The molecule has 106 valence electrons. The Labute approximate surface area is 116 Å². The van der Waals surface area contributed by atoms with E-state index in [1.807, 2.05) is 0 Å². The van der Waals surface area contributed by atoms with Crippen LogP contribution in [0, 0.1) is 5.41 Å². The fraction of sp³-hybridized carbons (Fsp3) is 0.357. The van der Waals surface area contributed by atoms with E-state index < -0.39 is 11.3 Å². The van der Waals surface area contributed by atoms with Crippen LogP contribution in [-0.4, -0.2) is 29.2 Å². The first kappa shape index (κ1) is 14.0. The number of carbonyl (C=O) groups is 3. The van der Waals surface area contributed by atoms with Crippen molar-refractivity contribution in [3.05, 3.63) is 24.3 Å². The van der Waals surface area contributed by atoms with E-state index in [-0.39, 0.29) is 24.8 Å². The van der Waals surface area contributed by atoms with Crippen LogP contribution >= 0.6 is 0 Å². The third kappa shape index (κ3) is 2.64. The molecule has 3 amide bonds. The number of benzene rings is 1. The number of amides is 3. The monoisotopic (exact) mass is 275 g/mol. The molecule has 1 fully saturated rings. The molecule has 1 saturated heterocycles. The van der Waals surface area contributed by atoms with Gasteiger partial charge in [0.2, 0.25) is 17.7 Å². The SMILES string of the molecule is CC1(C)CC(=O)N(CC(=O)Nc2ccccc2N)C1=O. The van der Waals surface area contributed by atoms with Gasteiger partial charge in [-0.05, 0) is 12.1 Å². The van der Waals surface area contributed by atoms with Crippen molar-refractivity contribution in [2.24, 2.45) is 5.41 Å². The Kier molecular flexibility index (Phi) is 3.48. The molecule has 1 aliphatic rings. The van der Waals surface area contributed by atoms with Gasteiger partial charge in [0.05, 0.1) is 16.8 Å². The van der Waals surface area contributed by atoms with Gasteiger partial charge in [0.15, 0.2) is 0 Å². The molecule has 0 atom stereocenters. The Bertz CT molecular complexity index is 581. The van der Waals surface area contributed by atoms with Gasteiger partial charge in [-0.25, -0.2) is 0 Å². The van der Waals surface area contributed by atoms with Crippen molar-refractivity contribution in [3.8, 4) is 0 Å². The summed E-state index contributed by atoms with van der Waals surface area (Å²) in [5, 5.41) is 2.60. The molecule has 2 rings (SSSR count). The standard InChI is InChI=1S/C14H17N3O3/c1-14(2)7-12(19)17(13(14)20)8-11(18)16-10-6-4-3-5-9(10)15/h3-6H,7-8,15H2,1-2H3,(H,16,18). The van der Waals surface area contributed by atoms with Gasteiger partial charge in [0, 0.05) is 6.42 Å². The first-order chi connectivity index (χ1) is 9.31. The number of imide groups is 1. The van der Waals surface area contributed by atoms with E-state index in [1.165, 1.54) is 0 Å². The van der Waals surface area contributed by atoms with Gasteiger partial charge in [0.25, 0.3) is 0 Å². The fourth-order valence-electron chi connectivity index (χ4n) is 2.13. The zero-order chi connectivity index (χ0) is 14.9. The minimum atomic E-state index is -0.733.